The zero-order chi connectivity index (χ0) is 17.8. The molecule has 0 spiro atoms. The van der Waals surface area contributed by atoms with Crippen LogP contribution in [0.25, 0.3) is 0 Å². The smallest absolute Gasteiger partial charge is 0.256 e. The van der Waals surface area contributed by atoms with Gasteiger partial charge in [0.2, 0.25) is 0 Å². The van der Waals surface area contributed by atoms with Crippen LogP contribution in [-0.2, 0) is 6.54 Å². The molecule has 1 amide bonds. The molecule has 0 aliphatic heterocycles. The quantitative estimate of drug-likeness (QED) is 0.708. The fourth-order valence-electron chi connectivity index (χ4n) is 2.59. The van der Waals surface area contributed by atoms with Crippen molar-refractivity contribution in [1.29, 1.82) is 0 Å². The van der Waals surface area contributed by atoms with Crippen LogP contribution in [0.15, 0.2) is 53.1 Å². The molecule has 3 aromatic rings. The van der Waals surface area contributed by atoms with Gasteiger partial charge in [-0.2, -0.15) is 4.37 Å². The Kier molecular flexibility index (Phi) is 5.31. The first kappa shape index (κ1) is 17.4. The number of furan rings is 1. The molecule has 2 aromatic heterocycles. The van der Waals surface area contributed by atoms with Crippen LogP contribution >= 0.6 is 11.5 Å². The second kappa shape index (κ2) is 7.63. The minimum Gasteiger partial charge on any atom is -0.468 e. The lowest BCUT2D eigenvalue weighted by Crippen LogP contribution is -2.22. The minimum absolute atomic E-state index is 0.118. The van der Waals surface area contributed by atoms with E-state index in [0.717, 1.165) is 28.6 Å². The van der Waals surface area contributed by atoms with Gasteiger partial charge < -0.3 is 9.73 Å². The molecule has 1 N–H and O–H groups in total. The van der Waals surface area contributed by atoms with Crippen LogP contribution in [0.4, 0.5) is 5.00 Å². The second-order valence-electron chi connectivity index (χ2n) is 6.09. The van der Waals surface area contributed by atoms with Crippen molar-refractivity contribution in [2.45, 2.75) is 26.4 Å². The van der Waals surface area contributed by atoms with Gasteiger partial charge in [-0.15, -0.1) is 0 Å². The Balaban J connectivity index is 1.67. The molecule has 1 atom stereocenters. The number of benzene rings is 1. The first-order valence-electron chi connectivity index (χ1n) is 8.10. The molecular formula is C19H21N3O2S. The highest BCUT2D eigenvalue weighted by Gasteiger charge is 2.15. The molecule has 0 fully saturated rings. The molecule has 0 aliphatic carbocycles. The van der Waals surface area contributed by atoms with E-state index >= 15 is 0 Å². The number of aryl methyl sites for hydroxylation is 1. The van der Waals surface area contributed by atoms with E-state index in [9.17, 15) is 4.79 Å². The fraction of sp³-hybridized carbons (Fsp3) is 0.263. The Labute approximate surface area is 151 Å². The number of nitrogens with zero attached hydrogens (tertiary/aromatic N) is 2. The number of nitrogens with one attached hydrogen (secondary N) is 1. The predicted octanol–water partition coefficient (Wildman–Crippen LogP) is 4.49. The highest BCUT2D eigenvalue weighted by Crippen LogP contribution is 2.22. The van der Waals surface area contributed by atoms with E-state index in [0.29, 0.717) is 5.56 Å². The summed E-state index contributed by atoms with van der Waals surface area (Å²) in [6, 6.07) is 13.6. The second-order valence-corrected chi connectivity index (χ2v) is 6.90. The molecule has 0 saturated carbocycles. The van der Waals surface area contributed by atoms with Gasteiger partial charge in [0, 0.05) is 12.1 Å². The molecule has 6 heteroatoms. The third-order valence-electron chi connectivity index (χ3n) is 4.10. The average molecular weight is 355 g/mol. The SMILES string of the molecule is Cc1cc(NC(=O)c2cccc(CN(C)[C@H](C)c3ccco3)c2)sn1. The summed E-state index contributed by atoms with van der Waals surface area (Å²) in [6.07, 6.45) is 1.69. The first-order valence-corrected chi connectivity index (χ1v) is 8.87. The summed E-state index contributed by atoms with van der Waals surface area (Å²) in [7, 11) is 2.04. The molecule has 1 aromatic carbocycles. The number of carbonyl (C=O) groups is 1. The topological polar surface area (TPSA) is 58.4 Å². The molecule has 130 valence electrons. The van der Waals surface area contributed by atoms with Crippen LogP contribution in [0.5, 0.6) is 0 Å². The fourth-order valence-corrected chi connectivity index (χ4v) is 3.25. The number of carbonyl (C=O) groups excluding carboxylic acids is 1. The van der Waals surface area contributed by atoms with E-state index < -0.39 is 0 Å². The Hall–Kier alpha value is -2.44. The molecule has 0 saturated heterocycles. The van der Waals surface area contributed by atoms with Crippen molar-refractivity contribution in [3.05, 3.63) is 71.3 Å². The summed E-state index contributed by atoms with van der Waals surface area (Å²) in [6.45, 7) is 4.73. The number of aromatic nitrogens is 1. The van der Waals surface area contributed by atoms with Crippen molar-refractivity contribution in [2.75, 3.05) is 12.4 Å². The van der Waals surface area contributed by atoms with Gasteiger partial charge in [-0.1, -0.05) is 12.1 Å². The summed E-state index contributed by atoms with van der Waals surface area (Å²) < 4.78 is 9.65. The van der Waals surface area contributed by atoms with E-state index in [1.807, 2.05) is 56.4 Å². The summed E-state index contributed by atoms with van der Waals surface area (Å²) in [5.74, 6) is 0.809. The van der Waals surface area contributed by atoms with Crippen LogP contribution < -0.4 is 5.32 Å². The van der Waals surface area contributed by atoms with E-state index in [2.05, 4.69) is 21.5 Å². The Morgan fingerprint density at radius 1 is 1.32 bits per heavy atom. The molecule has 0 unspecified atom stereocenters. The van der Waals surface area contributed by atoms with E-state index in [-0.39, 0.29) is 11.9 Å². The third-order valence-corrected chi connectivity index (χ3v) is 4.90. The van der Waals surface area contributed by atoms with Crippen molar-refractivity contribution in [1.82, 2.24) is 9.27 Å². The summed E-state index contributed by atoms with van der Waals surface area (Å²) in [4.78, 5) is 14.6. The summed E-state index contributed by atoms with van der Waals surface area (Å²) >= 11 is 1.29. The zero-order valence-electron chi connectivity index (χ0n) is 14.5. The number of amides is 1. The number of hydrogen-bond acceptors (Lipinski definition) is 5. The standard InChI is InChI=1S/C19H21N3O2S/c1-13-10-18(25-21-13)20-19(23)16-7-4-6-15(11-16)12-22(3)14(2)17-8-5-9-24-17/h4-11,14H,12H2,1-3H3,(H,20,23)/t14-/m1/s1. The highest BCUT2D eigenvalue weighted by atomic mass is 32.1. The van der Waals surface area contributed by atoms with Gasteiger partial charge in [0.1, 0.15) is 10.8 Å². The van der Waals surface area contributed by atoms with Crippen molar-refractivity contribution in [3.8, 4) is 0 Å². The van der Waals surface area contributed by atoms with Gasteiger partial charge in [-0.25, -0.2) is 0 Å². The van der Waals surface area contributed by atoms with E-state index in [1.54, 1.807) is 6.26 Å². The molecule has 0 bridgehead atoms. The van der Waals surface area contributed by atoms with Crippen LogP contribution in [0.3, 0.4) is 0 Å². The van der Waals surface area contributed by atoms with Crippen LogP contribution in [-0.4, -0.2) is 22.2 Å². The third kappa shape index (κ3) is 4.35. The van der Waals surface area contributed by atoms with E-state index in [1.165, 1.54) is 11.5 Å². The van der Waals surface area contributed by atoms with Crippen molar-refractivity contribution in [3.63, 3.8) is 0 Å². The van der Waals surface area contributed by atoms with Crippen molar-refractivity contribution >= 4 is 22.4 Å². The Morgan fingerprint density at radius 3 is 2.84 bits per heavy atom. The predicted molar refractivity (Wildman–Crippen MR) is 99.8 cm³/mol. The molecule has 0 radical (unpaired) electrons. The highest BCUT2D eigenvalue weighted by molar-refractivity contribution is 7.10. The van der Waals surface area contributed by atoms with Crippen molar-refractivity contribution < 1.29 is 9.21 Å². The van der Waals surface area contributed by atoms with Crippen LogP contribution in [0, 0.1) is 6.92 Å². The zero-order valence-corrected chi connectivity index (χ0v) is 15.3. The van der Waals surface area contributed by atoms with Crippen molar-refractivity contribution in [2.24, 2.45) is 0 Å². The maximum absolute atomic E-state index is 12.4. The lowest BCUT2D eigenvalue weighted by Gasteiger charge is -2.23. The van der Waals surface area contributed by atoms with Crippen LogP contribution in [0.1, 0.15) is 40.3 Å². The molecule has 5 nitrogen and oxygen atoms in total. The van der Waals surface area contributed by atoms with Gasteiger partial charge in [0.15, 0.2) is 0 Å². The van der Waals surface area contributed by atoms with Gasteiger partial charge in [0.05, 0.1) is 18.0 Å². The maximum atomic E-state index is 12.4. The van der Waals surface area contributed by atoms with Gasteiger partial charge in [0.25, 0.3) is 5.91 Å². The lowest BCUT2D eigenvalue weighted by molar-refractivity contribution is 0.102. The summed E-state index contributed by atoms with van der Waals surface area (Å²) in [5.41, 5.74) is 2.62. The minimum atomic E-state index is -0.118. The van der Waals surface area contributed by atoms with Gasteiger partial charge >= 0.3 is 0 Å². The van der Waals surface area contributed by atoms with Gasteiger partial charge in [-0.05, 0) is 68.3 Å². The molecule has 2 heterocycles. The molecule has 0 aliphatic rings. The van der Waals surface area contributed by atoms with Crippen LogP contribution in [0.2, 0.25) is 0 Å². The molecular weight excluding hydrogens is 334 g/mol. The Morgan fingerprint density at radius 2 is 2.16 bits per heavy atom. The maximum Gasteiger partial charge on any atom is 0.256 e. The molecule has 25 heavy (non-hydrogen) atoms. The number of anilines is 1. The Bertz CT molecular complexity index is 842. The molecule has 3 rings (SSSR count). The van der Waals surface area contributed by atoms with Gasteiger partial charge in [-0.3, -0.25) is 9.69 Å². The largest absolute Gasteiger partial charge is 0.468 e. The average Bonchev–Trinajstić information content (AvgIpc) is 3.26. The number of rotatable bonds is 6. The monoisotopic (exact) mass is 355 g/mol. The first-order chi connectivity index (χ1) is 12.0. The number of hydrogen-bond donors (Lipinski definition) is 1. The van der Waals surface area contributed by atoms with E-state index in [4.69, 9.17) is 4.42 Å². The summed E-state index contributed by atoms with van der Waals surface area (Å²) in [5, 5.41) is 3.65. The lowest BCUT2D eigenvalue weighted by atomic mass is 10.1. The normalized spacial score (nSPS) is 12.3.